The summed E-state index contributed by atoms with van der Waals surface area (Å²) in [7, 11) is 0. The molecule has 2 aromatic carbocycles. The van der Waals surface area contributed by atoms with E-state index in [2.05, 4.69) is 79.7 Å². The normalized spacial score (nSPS) is 11.7. The average Bonchev–Trinajstić information content (AvgIpc) is 2.89. The molecule has 35 heavy (non-hydrogen) atoms. The van der Waals surface area contributed by atoms with E-state index in [9.17, 15) is 0 Å². The van der Waals surface area contributed by atoms with Gasteiger partial charge in [-0.05, 0) is 0 Å². The second-order valence-electron chi connectivity index (χ2n) is 9.80. The summed E-state index contributed by atoms with van der Waals surface area (Å²) in [6.07, 6.45) is 11.1. The van der Waals surface area contributed by atoms with E-state index in [0.717, 1.165) is 58.9 Å². The van der Waals surface area contributed by atoms with Gasteiger partial charge in [-0.15, -0.1) is 0 Å². The molecule has 0 aliphatic rings. The van der Waals surface area contributed by atoms with Crippen LogP contribution < -0.4 is 6.15 Å². The molecule has 0 unspecified atom stereocenters. The molecule has 0 aliphatic heterocycles. The third-order valence-electron chi connectivity index (χ3n) is 7.56. The Balaban J connectivity index is 2.64. The van der Waals surface area contributed by atoms with Gasteiger partial charge in [-0.25, -0.2) is 0 Å². The van der Waals surface area contributed by atoms with Crippen LogP contribution in [0.25, 0.3) is 0 Å². The molecule has 196 valence electrons. The molecule has 0 saturated heterocycles. The van der Waals surface area contributed by atoms with Crippen LogP contribution in [0.3, 0.4) is 0 Å². The SMILES string of the molecule is CCC[CH2][Sn]([CH2]CCC)([O]c1ccc(CC)c(CC)c1CC)[O]c1ccc(CC)c(CC)c1CC. The number of unbranched alkanes of at least 4 members (excludes halogenated alkanes) is 2. The zero-order valence-electron chi connectivity index (χ0n) is 24.1. The van der Waals surface area contributed by atoms with Crippen LogP contribution in [0.5, 0.6) is 11.5 Å². The van der Waals surface area contributed by atoms with E-state index in [0.29, 0.717) is 0 Å². The van der Waals surface area contributed by atoms with Crippen molar-refractivity contribution in [3.63, 3.8) is 0 Å². The summed E-state index contributed by atoms with van der Waals surface area (Å²) in [5.41, 5.74) is 8.75. The molecule has 0 bridgehead atoms. The summed E-state index contributed by atoms with van der Waals surface area (Å²) in [6.45, 7) is 18.2. The molecule has 0 aliphatic carbocycles. The number of hydrogen-bond donors (Lipinski definition) is 0. The summed E-state index contributed by atoms with van der Waals surface area (Å²) >= 11 is -3.51. The fourth-order valence-electron chi connectivity index (χ4n) is 5.59. The summed E-state index contributed by atoms with van der Waals surface area (Å²) in [6, 6.07) is 9.16. The van der Waals surface area contributed by atoms with Gasteiger partial charge in [-0.2, -0.15) is 0 Å². The third kappa shape index (κ3) is 7.43. The fraction of sp³-hybridized carbons (Fsp3) is 0.625. The van der Waals surface area contributed by atoms with Gasteiger partial charge >= 0.3 is 223 Å². The first-order valence-corrected chi connectivity index (χ1v) is 21.0. The van der Waals surface area contributed by atoms with E-state index < -0.39 is 19.2 Å². The number of aryl methyl sites for hydroxylation is 2. The van der Waals surface area contributed by atoms with Crippen LogP contribution in [0.1, 0.15) is 114 Å². The molecule has 0 saturated carbocycles. The molecule has 0 spiro atoms. The Labute approximate surface area is 222 Å². The van der Waals surface area contributed by atoms with Gasteiger partial charge in [0.2, 0.25) is 0 Å². The van der Waals surface area contributed by atoms with Crippen molar-refractivity contribution < 1.29 is 6.15 Å². The first-order valence-electron chi connectivity index (χ1n) is 14.6. The molecule has 0 radical (unpaired) electrons. The molecule has 0 fully saturated rings. The molecule has 3 heteroatoms. The second-order valence-corrected chi connectivity index (χ2v) is 19.0. The summed E-state index contributed by atoms with van der Waals surface area (Å²) in [4.78, 5) is 0. The van der Waals surface area contributed by atoms with Crippen LogP contribution in [0.2, 0.25) is 8.87 Å². The number of hydrogen-bond acceptors (Lipinski definition) is 2. The minimum absolute atomic E-state index is 1.02. The molecular weight excluding hydrogens is 535 g/mol. The first kappa shape index (κ1) is 30.1. The first-order chi connectivity index (χ1) is 17.0. The topological polar surface area (TPSA) is 18.5 Å². The Kier molecular flexibility index (Phi) is 13.0. The third-order valence-corrected chi connectivity index (χ3v) is 17.3. The number of rotatable bonds is 16. The van der Waals surface area contributed by atoms with Crippen molar-refractivity contribution in [2.45, 2.75) is 128 Å². The molecule has 2 rings (SSSR count). The molecule has 2 nitrogen and oxygen atoms in total. The van der Waals surface area contributed by atoms with Gasteiger partial charge in [0.25, 0.3) is 0 Å². The van der Waals surface area contributed by atoms with E-state index in [-0.39, 0.29) is 0 Å². The molecule has 0 aromatic heterocycles. The summed E-state index contributed by atoms with van der Waals surface area (Å²) in [5.74, 6) is 2.23. The Bertz CT molecular complexity index is 843. The van der Waals surface area contributed by atoms with Gasteiger partial charge in [0, 0.05) is 0 Å². The summed E-state index contributed by atoms with van der Waals surface area (Å²) in [5, 5.41) is 0. The molecule has 2 aromatic rings. The predicted octanol–water partition coefficient (Wildman–Crippen LogP) is 9.56. The van der Waals surface area contributed by atoms with Crippen molar-refractivity contribution in [1.82, 2.24) is 0 Å². The van der Waals surface area contributed by atoms with Crippen LogP contribution in [0.4, 0.5) is 0 Å². The Morgan fingerprint density at radius 2 is 0.857 bits per heavy atom. The maximum absolute atomic E-state index is 7.29. The van der Waals surface area contributed by atoms with E-state index in [4.69, 9.17) is 6.15 Å². The molecule has 0 amide bonds. The van der Waals surface area contributed by atoms with Crippen molar-refractivity contribution >= 4 is 19.2 Å². The zero-order chi connectivity index (χ0) is 25.8. The van der Waals surface area contributed by atoms with E-state index >= 15 is 0 Å². The van der Waals surface area contributed by atoms with Gasteiger partial charge in [-0.1, -0.05) is 0 Å². The standard InChI is InChI=1S/2C12H18O.2C4H9.Sn/c2*1-4-9-7-8-12(13)11(6-3)10(9)5-2;2*1-3-4-2;/h2*7-8,13H,4-6H2,1-3H3;2*1,3-4H2,2H3;/q;;;;+2/p-2. The molecule has 0 atom stereocenters. The summed E-state index contributed by atoms with van der Waals surface area (Å²) < 4.78 is 16.8. The van der Waals surface area contributed by atoms with Gasteiger partial charge in [0.05, 0.1) is 0 Å². The zero-order valence-corrected chi connectivity index (χ0v) is 27.0. The average molecular weight is 587 g/mol. The maximum atomic E-state index is 7.29. The van der Waals surface area contributed by atoms with Crippen LogP contribution in [-0.2, 0) is 38.5 Å². The van der Waals surface area contributed by atoms with Crippen LogP contribution in [0, 0.1) is 0 Å². The van der Waals surface area contributed by atoms with Crippen LogP contribution in [-0.4, -0.2) is 19.2 Å². The van der Waals surface area contributed by atoms with Gasteiger partial charge < -0.3 is 0 Å². The van der Waals surface area contributed by atoms with Crippen molar-refractivity contribution in [2.24, 2.45) is 0 Å². The van der Waals surface area contributed by atoms with Gasteiger partial charge in [0.1, 0.15) is 0 Å². The van der Waals surface area contributed by atoms with Crippen LogP contribution in [0.15, 0.2) is 24.3 Å². The predicted molar refractivity (Wildman–Crippen MR) is 156 cm³/mol. The van der Waals surface area contributed by atoms with E-state index in [1.165, 1.54) is 59.1 Å². The second kappa shape index (κ2) is 15.2. The van der Waals surface area contributed by atoms with E-state index in [1.54, 1.807) is 0 Å². The quantitative estimate of drug-likeness (QED) is 0.182. The fourth-order valence-corrected chi connectivity index (χ4v) is 16.1. The van der Waals surface area contributed by atoms with E-state index in [1.807, 2.05) is 0 Å². The van der Waals surface area contributed by atoms with Crippen molar-refractivity contribution in [3.05, 3.63) is 57.6 Å². The van der Waals surface area contributed by atoms with Crippen LogP contribution >= 0.6 is 0 Å². The van der Waals surface area contributed by atoms with Crippen molar-refractivity contribution in [3.8, 4) is 11.5 Å². The Morgan fingerprint density at radius 3 is 1.14 bits per heavy atom. The molecule has 0 heterocycles. The molecular formula is C32H52O2Sn. The number of benzene rings is 2. The van der Waals surface area contributed by atoms with Gasteiger partial charge in [0.15, 0.2) is 0 Å². The minimum atomic E-state index is -3.51. The Hall–Kier alpha value is -1.16. The van der Waals surface area contributed by atoms with Gasteiger partial charge in [-0.3, -0.25) is 0 Å². The van der Waals surface area contributed by atoms with Crippen molar-refractivity contribution in [1.29, 1.82) is 0 Å². The monoisotopic (exact) mass is 588 g/mol. The molecule has 0 N–H and O–H groups in total. The Morgan fingerprint density at radius 1 is 0.486 bits per heavy atom. The van der Waals surface area contributed by atoms with Crippen molar-refractivity contribution in [2.75, 3.05) is 0 Å².